The second-order valence-electron chi connectivity index (χ2n) is 6.74. The van der Waals surface area contributed by atoms with E-state index in [0.717, 1.165) is 6.42 Å². The van der Waals surface area contributed by atoms with E-state index in [9.17, 15) is 29.7 Å². The zero-order chi connectivity index (χ0) is 23.3. The quantitative estimate of drug-likeness (QED) is 0.163. The third-order valence-corrected chi connectivity index (χ3v) is 3.94. The van der Waals surface area contributed by atoms with Gasteiger partial charge in [0.15, 0.2) is 0 Å². The molecule has 0 rings (SSSR count). The van der Waals surface area contributed by atoms with Crippen molar-refractivity contribution in [3.8, 4) is 0 Å². The molecule has 0 saturated carbocycles. The smallest absolute Gasteiger partial charge is 0.396 e. The summed E-state index contributed by atoms with van der Waals surface area (Å²) in [5, 5.41) is 28.0. The lowest BCUT2D eigenvalue weighted by molar-refractivity contribution is -0.328. The van der Waals surface area contributed by atoms with Crippen molar-refractivity contribution < 1.29 is 43.9 Å². The van der Waals surface area contributed by atoms with Crippen molar-refractivity contribution in [3.63, 3.8) is 0 Å². The van der Waals surface area contributed by atoms with Crippen molar-refractivity contribution in [3.05, 3.63) is 35.5 Å². The summed E-state index contributed by atoms with van der Waals surface area (Å²) in [7, 11) is 0. The van der Waals surface area contributed by atoms with Crippen LogP contribution in [0.5, 0.6) is 0 Å². The predicted octanol–water partition coefficient (Wildman–Crippen LogP) is 1.67. The van der Waals surface area contributed by atoms with E-state index in [-0.39, 0.29) is 35.1 Å². The van der Waals surface area contributed by atoms with Crippen molar-refractivity contribution in [1.29, 1.82) is 0 Å². The number of hydrogen-bond acceptors (Lipinski definition) is 9. The monoisotopic (exact) mass is 428 g/mol. The van der Waals surface area contributed by atoms with Gasteiger partial charge in [0.2, 0.25) is 0 Å². The topological polar surface area (TPSA) is 140 Å². The zero-order valence-corrected chi connectivity index (χ0v) is 17.9. The second kappa shape index (κ2) is 13.7. The summed E-state index contributed by atoms with van der Waals surface area (Å²) >= 11 is 0. The summed E-state index contributed by atoms with van der Waals surface area (Å²) in [6.07, 6.45) is 1.41. The minimum atomic E-state index is -2.41. The third kappa shape index (κ3) is 8.89. The summed E-state index contributed by atoms with van der Waals surface area (Å²) in [4.78, 5) is 37.2. The Bertz CT molecular complexity index is 642. The number of esters is 3. The Balaban J connectivity index is 6.22. The van der Waals surface area contributed by atoms with Gasteiger partial charge >= 0.3 is 23.9 Å². The summed E-state index contributed by atoms with van der Waals surface area (Å²) in [6.45, 7) is 9.78. The molecule has 0 radical (unpaired) electrons. The maximum Gasteiger partial charge on any atom is 0.424 e. The van der Waals surface area contributed by atoms with Crippen LogP contribution in [0.25, 0.3) is 0 Å². The summed E-state index contributed by atoms with van der Waals surface area (Å²) in [5.41, 5.74) is -0.348. The van der Waals surface area contributed by atoms with Crippen molar-refractivity contribution in [1.82, 2.24) is 0 Å². The number of carbonyl (C=O) groups excluding carboxylic acids is 3. The zero-order valence-electron chi connectivity index (χ0n) is 17.9. The van der Waals surface area contributed by atoms with Crippen molar-refractivity contribution in [2.45, 2.75) is 58.8 Å². The maximum atomic E-state index is 12.8. The molecular formula is C21H32O9. The van der Waals surface area contributed by atoms with Crippen molar-refractivity contribution in [2.75, 3.05) is 19.8 Å². The van der Waals surface area contributed by atoms with Crippen LogP contribution in [-0.4, -0.2) is 59.0 Å². The van der Waals surface area contributed by atoms with Gasteiger partial charge in [0, 0.05) is 29.7 Å². The van der Waals surface area contributed by atoms with Gasteiger partial charge in [-0.25, -0.2) is 14.4 Å². The Labute approximate surface area is 176 Å². The molecule has 0 aromatic carbocycles. The number of aliphatic hydroxyl groups excluding tert-OH is 3. The summed E-state index contributed by atoms with van der Waals surface area (Å²) < 4.78 is 15.8. The van der Waals surface area contributed by atoms with Gasteiger partial charge in [0.05, 0.1) is 19.6 Å². The average Bonchev–Trinajstić information content (AvgIpc) is 2.67. The fraction of sp³-hybridized carbons (Fsp3) is 0.571. The molecule has 0 aromatic heterocycles. The van der Waals surface area contributed by atoms with Crippen LogP contribution in [-0.2, 0) is 28.6 Å². The molecule has 9 nitrogen and oxygen atoms in total. The van der Waals surface area contributed by atoms with Crippen LogP contribution in [0.2, 0.25) is 0 Å². The fourth-order valence-corrected chi connectivity index (χ4v) is 2.24. The van der Waals surface area contributed by atoms with E-state index in [4.69, 9.17) is 14.2 Å². The number of rotatable bonds is 14. The number of carbonyl (C=O) groups is 3. The summed E-state index contributed by atoms with van der Waals surface area (Å²) in [6, 6.07) is 0. The molecule has 0 bridgehead atoms. The highest BCUT2D eigenvalue weighted by molar-refractivity contribution is 5.91. The maximum absolute atomic E-state index is 12.8. The van der Waals surface area contributed by atoms with Crippen LogP contribution < -0.4 is 0 Å². The van der Waals surface area contributed by atoms with Gasteiger partial charge < -0.3 is 29.5 Å². The predicted molar refractivity (Wildman–Crippen MR) is 108 cm³/mol. The molecule has 0 amide bonds. The van der Waals surface area contributed by atoms with E-state index in [1.54, 1.807) is 0 Å². The molecule has 0 aliphatic heterocycles. The standard InChI is InChI=1S/C21H32O9/c1-6-7-8-10-21(28-18(25)14(2)3,29-19(26)15(4)5)30-20(27)17(9-11-22)16(12-23)13-24/h22-24H,2,4,6-13H2,1,3,5H3. The van der Waals surface area contributed by atoms with Crippen LogP contribution >= 0.6 is 0 Å². The van der Waals surface area contributed by atoms with Crippen LogP contribution in [0.3, 0.4) is 0 Å². The minimum absolute atomic E-state index is 0.0187. The molecule has 0 spiro atoms. The molecule has 0 fully saturated rings. The SMILES string of the molecule is C=C(C)C(=O)OC(CCCCC)(OC(=O)C(=C)C)OC(=O)C(CCO)=C(CO)CO. The number of unbranched alkanes of at least 4 members (excludes halogenated alkanes) is 2. The molecule has 3 N–H and O–H groups in total. The molecule has 30 heavy (non-hydrogen) atoms. The van der Waals surface area contributed by atoms with Gasteiger partial charge in [-0.15, -0.1) is 0 Å². The lowest BCUT2D eigenvalue weighted by Crippen LogP contribution is -2.45. The van der Waals surface area contributed by atoms with Crippen LogP contribution in [0.15, 0.2) is 35.5 Å². The molecule has 0 aromatic rings. The van der Waals surface area contributed by atoms with E-state index in [1.807, 2.05) is 6.92 Å². The highest BCUT2D eigenvalue weighted by atomic mass is 16.9. The molecule has 9 heteroatoms. The van der Waals surface area contributed by atoms with Gasteiger partial charge in [-0.2, -0.15) is 0 Å². The van der Waals surface area contributed by atoms with Crippen molar-refractivity contribution in [2.24, 2.45) is 0 Å². The highest BCUT2D eigenvalue weighted by Gasteiger charge is 2.44. The largest absolute Gasteiger partial charge is 0.424 e. The number of hydrogen-bond donors (Lipinski definition) is 3. The van der Waals surface area contributed by atoms with E-state index >= 15 is 0 Å². The molecule has 0 aliphatic rings. The Morgan fingerprint density at radius 3 is 1.67 bits per heavy atom. The molecular weight excluding hydrogens is 396 g/mol. The minimum Gasteiger partial charge on any atom is -0.396 e. The fourth-order valence-electron chi connectivity index (χ4n) is 2.24. The van der Waals surface area contributed by atoms with E-state index in [2.05, 4.69) is 13.2 Å². The molecule has 0 heterocycles. The van der Waals surface area contributed by atoms with E-state index in [0.29, 0.717) is 12.8 Å². The molecule has 0 atom stereocenters. The van der Waals surface area contributed by atoms with Gasteiger partial charge in [-0.05, 0) is 25.8 Å². The van der Waals surface area contributed by atoms with Crippen molar-refractivity contribution >= 4 is 17.9 Å². The number of aliphatic hydroxyl groups is 3. The first kappa shape index (κ1) is 27.5. The lowest BCUT2D eigenvalue weighted by atomic mass is 10.1. The summed E-state index contributed by atoms with van der Waals surface area (Å²) in [5.74, 6) is -5.44. The third-order valence-electron chi connectivity index (χ3n) is 3.94. The first-order valence-electron chi connectivity index (χ1n) is 9.61. The van der Waals surface area contributed by atoms with Gasteiger partial charge in [0.25, 0.3) is 0 Å². The van der Waals surface area contributed by atoms with Crippen LogP contribution in [0.1, 0.15) is 52.9 Å². The van der Waals surface area contributed by atoms with Gasteiger partial charge in [-0.3, -0.25) is 0 Å². The Kier molecular flexibility index (Phi) is 12.5. The molecule has 170 valence electrons. The van der Waals surface area contributed by atoms with Gasteiger partial charge in [-0.1, -0.05) is 32.9 Å². The van der Waals surface area contributed by atoms with Gasteiger partial charge in [0.1, 0.15) is 0 Å². The Morgan fingerprint density at radius 1 is 0.833 bits per heavy atom. The Morgan fingerprint density at radius 2 is 1.30 bits per heavy atom. The number of ether oxygens (including phenoxy) is 3. The van der Waals surface area contributed by atoms with Crippen LogP contribution in [0, 0.1) is 0 Å². The molecule has 0 aliphatic carbocycles. The first-order valence-corrected chi connectivity index (χ1v) is 9.61. The Hall–Kier alpha value is -2.49. The highest BCUT2D eigenvalue weighted by Crippen LogP contribution is 2.28. The van der Waals surface area contributed by atoms with Crippen LogP contribution in [0.4, 0.5) is 0 Å². The molecule has 0 unspecified atom stereocenters. The molecule has 0 saturated heterocycles. The van der Waals surface area contributed by atoms with E-state index < -0.39 is 43.7 Å². The van der Waals surface area contributed by atoms with E-state index in [1.165, 1.54) is 13.8 Å². The lowest BCUT2D eigenvalue weighted by Gasteiger charge is -2.32. The average molecular weight is 428 g/mol. The second-order valence-corrected chi connectivity index (χ2v) is 6.74. The first-order chi connectivity index (χ1) is 14.1. The normalized spacial score (nSPS) is 10.7.